The Hall–Kier alpha value is -2.89. The Morgan fingerprint density at radius 3 is 2.80 bits per heavy atom. The predicted molar refractivity (Wildman–Crippen MR) is 94.6 cm³/mol. The highest BCUT2D eigenvalue weighted by Crippen LogP contribution is 2.24. The van der Waals surface area contributed by atoms with E-state index in [1.54, 1.807) is 17.3 Å². The average Bonchev–Trinajstić information content (AvgIpc) is 2.63. The third kappa shape index (κ3) is 3.33. The van der Waals surface area contributed by atoms with Crippen LogP contribution in [0.2, 0.25) is 0 Å². The topological polar surface area (TPSA) is 71.5 Å². The summed E-state index contributed by atoms with van der Waals surface area (Å²) in [6.45, 7) is 4.92. The van der Waals surface area contributed by atoms with Crippen molar-refractivity contribution in [2.24, 2.45) is 0 Å². The molecule has 0 bridgehead atoms. The van der Waals surface area contributed by atoms with Crippen LogP contribution in [0.15, 0.2) is 30.6 Å². The molecule has 130 valence electrons. The van der Waals surface area contributed by atoms with Gasteiger partial charge in [0, 0.05) is 24.6 Å². The lowest BCUT2D eigenvalue weighted by Crippen LogP contribution is -2.36. The Kier molecular flexibility index (Phi) is 4.70. The van der Waals surface area contributed by atoms with Crippen molar-refractivity contribution in [3.63, 3.8) is 0 Å². The number of aryl methyl sites for hydroxylation is 1. The number of amides is 2. The lowest BCUT2D eigenvalue weighted by molar-refractivity contribution is 0.102. The van der Waals surface area contributed by atoms with E-state index in [-0.39, 0.29) is 12.0 Å². The van der Waals surface area contributed by atoms with Gasteiger partial charge in [0.2, 0.25) is 0 Å². The minimum Gasteiger partial charge on any atom is -0.453 e. The Morgan fingerprint density at radius 1 is 1.24 bits per heavy atom. The third-order valence-electron chi connectivity index (χ3n) is 4.67. The first-order valence-electron chi connectivity index (χ1n) is 8.17. The van der Waals surface area contributed by atoms with Crippen LogP contribution < -0.4 is 5.32 Å². The number of ether oxygens (including phenoxy) is 1. The highest BCUT2D eigenvalue weighted by Gasteiger charge is 2.25. The van der Waals surface area contributed by atoms with Gasteiger partial charge in [-0.1, -0.05) is 12.1 Å². The maximum atomic E-state index is 12.8. The molecular formula is C19H21N3O3. The van der Waals surface area contributed by atoms with Gasteiger partial charge in [0.1, 0.15) is 0 Å². The van der Waals surface area contributed by atoms with Gasteiger partial charge in [-0.05, 0) is 48.6 Å². The van der Waals surface area contributed by atoms with Crippen LogP contribution in [0.5, 0.6) is 0 Å². The molecule has 6 nitrogen and oxygen atoms in total. The number of benzene rings is 1. The van der Waals surface area contributed by atoms with Crippen LogP contribution in [0.3, 0.4) is 0 Å². The lowest BCUT2D eigenvalue weighted by Gasteiger charge is -2.28. The summed E-state index contributed by atoms with van der Waals surface area (Å²) in [4.78, 5) is 30.3. The number of hydrogen-bond donors (Lipinski definition) is 1. The fraction of sp³-hybridized carbons (Fsp3) is 0.316. The van der Waals surface area contributed by atoms with Crippen LogP contribution in [-0.2, 0) is 17.7 Å². The normalized spacial score (nSPS) is 13.2. The number of anilines is 1. The molecule has 0 aliphatic carbocycles. The number of methoxy groups -OCH3 is 1. The van der Waals surface area contributed by atoms with Crippen LogP contribution in [0, 0.1) is 13.8 Å². The predicted octanol–water partition coefficient (Wildman–Crippen LogP) is 3.08. The van der Waals surface area contributed by atoms with Crippen molar-refractivity contribution in [2.45, 2.75) is 26.8 Å². The Labute approximate surface area is 146 Å². The third-order valence-corrected chi connectivity index (χ3v) is 4.67. The second kappa shape index (κ2) is 6.93. The molecule has 1 aromatic carbocycles. The smallest absolute Gasteiger partial charge is 0.409 e. The van der Waals surface area contributed by atoms with Gasteiger partial charge in [0.15, 0.2) is 0 Å². The first-order chi connectivity index (χ1) is 12.0. The molecule has 2 amide bonds. The number of pyridine rings is 1. The largest absolute Gasteiger partial charge is 0.453 e. The minimum absolute atomic E-state index is 0.176. The van der Waals surface area contributed by atoms with Gasteiger partial charge >= 0.3 is 6.09 Å². The van der Waals surface area contributed by atoms with Crippen molar-refractivity contribution in [1.29, 1.82) is 0 Å². The van der Waals surface area contributed by atoms with Crippen molar-refractivity contribution in [3.8, 4) is 0 Å². The molecule has 0 saturated heterocycles. The average molecular weight is 339 g/mol. The molecule has 0 radical (unpaired) electrons. The summed E-state index contributed by atoms with van der Waals surface area (Å²) in [5.41, 5.74) is 5.35. The van der Waals surface area contributed by atoms with E-state index in [2.05, 4.69) is 10.3 Å². The summed E-state index contributed by atoms with van der Waals surface area (Å²) in [6, 6.07) is 5.82. The summed E-state index contributed by atoms with van der Waals surface area (Å²) >= 11 is 0. The van der Waals surface area contributed by atoms with Crippen molar-refractivity contribution < 1.29 is 14.3 Å². The van der Waals surface area contributed by atoms with E-state index in [1.807, 2.05) is 32.0 Å². The van der Waals surface area contributed by atoms with Gasteiger partial charge in [0.05, 0.1) is 19.2 Å². The molecule has 0 fully saturated rings. The molecule has 2 aromatic rings. The van der Waals surface area contributed by atoms with E-state index in [0.29, 0.717) is 25.1 Å². The first-order valence-corrected chi connectivity index (χ1v) is 8.17. The van der Waals surface area contributed by atoms with Crippen molar-refractivity contribution in [3.05, 3.63) is 58.4 Å². The van der Waals surface area contributed by atoms with E-state index < -0.39 is 0 Å². The first kappa shape index (κ1) is 17.0. The lowest BCUT2D eigenvalue weighted by atomic mass is 9.96. The van der Waals surface area contributed by atoms with E-state index >= 15 is 0 Å². The summed E-state index contributed by atoms with van der Waals surface area (Å²) in [5.74, 6) is -0.176. The van der Waals surface area contributed by atoms with Gasteiger partial charge in [-0.3, -0.25) is 9.78 Å². The van der Waals surface area contributed by atoms with Crippen LogP contribution in [-0.4, -0.2) is 35.5 Å². The molecular weight excluding hydrogens is 318 g/mol. The molecule has 25 heavy (non-hydrogen) atoms. The molecule has 0 atom stereocenters. The Balaban J connectivity index is 1.85. The molecule has 2 heterocycles. The van der Waals surface area contributed by atoms with Crippen LogP contribution in [0.25, 0.3) is 0 Å². The van der Waals surface area contributed by atoms with Crippen molar-refractivity contribution >= 4 is 17.7 Å². The Morgan fingerprint density at radius 2 is 2.04 bits per heavy atom. The monoisotopic (exact) mass is 339 g/mol. The second-order valence-corrected chi connectivity index (χ2v) is 6.17. The molecule has 1 N–H and O–H groups in total. The minimum atomic E-state index is -0.365. The quantitative estimate of drug-likeness (QED) is 0.913. The number of carbonyl (C=O) groups excluding carboxylic acids is 2. The number of nitrogens with zero attached hydrogens (tertiary/aromatic N) is 2. The summed E-state index contributed by atoms with van der Waals surface area (Å²) in [5, 5.41) is 2.98. The van der Waals surface area contributed by atoms with Gasteiger partial charge in [-0.25, -0.2) is 4.79 Å². The van der Waals surface area contributed by atoms with E-state index in [4.69, 9.17) is 4.74 Å². The van der Waals surface area contributed by atoms with Crippen LogP contribution in [0.1, 0.15) is 32.6 Å². The Bertz CT molecular complexity index is 833. The molecule has 0 saturated carbocycles. The summed E-state index contributed by atoms with van der Waals surface area (Å²) in [6.07, 6.45) is 3.53. The number of aromatic nitrogens is 1. The standard InChI is InChI=1S/C19H21N3O3/c1-12-5-4-6-17(13(12)2)21-18(23)16-10-20-9-14-11-22(19(24)25-3)8-7-15(14)16/h4-6,9-10H,7-8,11H2,1-3H3,(H,21,23). The zero-order valence-electron chi connectivity index (χ0n) is 14.6. The van der Waals surface area contributed by atoms with Gasteiger partial charge in [-0.15, -0.1) is 0 Å². The fourth-order valence-corrected chi connectivity index (χ4v) is 3.05. The zero-order chi connectivity index (χ0) is 18.0. The molecule has 1 aliphatic heterocycles. The van der Waals surface area contributed by atoms with Gasteiger partial charge in [-0.2, -0.15) is 0 Å². The fourth-order valence-electron chi connectivity index (χ4n) is 3.05. The van der Waals surface area contributed by atoms with Crippen molar-refractivity contribution in [2.75, 3.05) is 19.0 Å². The molecule has 0 spiro atoms. The number of fused-ring (bicyclic) bond motifs is 1. The van der Waals surface area contributed by atoms with Crippen molar-refractivity contribution in [1.82, 2.24) is 9.88 Å². The number of carbonyl (C=O) groups is 2. The second-order valence-electron chi connectivity index (χ2n) is 6.17. The molecule has 0 unspecified atom stereocenters. The van der Waals surface area contributed by atoms with E-state index in [9.17, 15) is 9.59 Å². The summed E-state index contributed by atoms with van der Waals surface area (Å²) in [7, 11) is 1.37. The maximum absolute atomic E-state index is 12.8. The highest BCUT2D eigenvalue weighted by molar-refractivity contribution is 6.05. The van der Waals surface area contributed by atoms with Gasteiger partial charge in [0.25, 0.3) is 5.91 Å². The molecule has 6 heteroatoms. The van der Waals surface area contributed by atoms with E-state index in [0.717, 1.165) is 27.9 Å². The molecule has 1 aromatic heterocycles. The number of rotatable bonds is 2. The molecule has 1 aliphatic rings. The molecule has 3 rings (SSSR count). The highest BCUT2D eigenvalue weighted by atomic mass is 16.5. The van der Waals surface area contributed by atoms with Crippen LogP contribution >= 0.6 is 0 Å². The summed E-state index contributed by atoms with van der Waals surface area (Å²) < 4.78 is 4.77. The zero-order valence-corrected chi connectivity index (χ0v) is 14.6. The number of hydrogen-bond acceptors (Lipinski definition) is 4. The van der Waals surface area contributed by atoms with Crippen LogP contribution in [0.4, 0.5) is 10.5 Å². The van der Waals surface area contributed by atoms with E-state index in [1.165, 1.54) is 7.11 Å². The van der Waals surface area contributed by atoms with Gasteiger partial charge < -0.3 is 15.0 Å². The maximum Gasteiger partial charge on any atom is 0.409 e. The number of nitrogens with one attached hydrogen (secondary N) is 1. The SMILES string of the molecule is COC(=O)N1CCc2c(cncc2C(=O)Nc2cccc(C)c2C)C1.